The molecule has 1 saturated heterocycles. The summed E-state index contributed by atoms with van der Waals surface area (Å²) in [7, 11) is 0. The van der Waals surface area contributed by atoms with Gasteiger partial charge in [0.25, 0.3) is 0 Å². The minimum Gasteiger partial charge on any atom is -0.489 e. The molecule has 1 amide bonds. The molecular weight excluding hydrogens is 416 g/mol. The van der Waals surface area contributed by atoms with Crippen molar-refractivity contribution in [2.45, 2.75) is 19.6 Å². The number of carbonyl (C=O) groups is 1. The fourth-order valence-corrected chi connectivity index (χ4v) is 3.78. The Labute approximate surface area is 194 Å². The summed E-state index contributed by atoms with van der Waals surface area (Å²) < 4.78 is 17.1. The summed E-state index contributed by atoms with van der Waals surface area (Å²) in [4.78, 5) is 14.8. The average Bonchev–Trinajstić information content (AvgIpc) is 3.29. The first-order valence-corrected chi connectivity index (χ1v) is 11.3. The number of morpholine rings is 1. The number of ether oxygens (including phenoxy) is 2. The molecule has 0 radical (unpaired) electrons. The summed E-state index contributed by atoms with van der Waals surface area (Å²) >= 11 is 0. The molecule has 1 atom stereocenters. The molecule has 33 heavy (non-hydrogen) atoms. The summed E-state index contributed by atoms with van der Waals surface area (Å²) in [6.07, 6.45) is 3.36. The van der Waals surface area contributed by atoms with Gasteiger partial charge in [-0.25, -0.2) is 0 Å². The highest BCUT2D eigenvalue weighted by Crippen LogP contribution is 2.23. The lowest BCUT2D eigenvalue weighted by Gasteiger charge is -2.33. The minimum absolute atomic E-state index is 0.0130. The largest absolute Gasteiger partial charge is 0.489 e. The van der Waals surface area contributed by atoms with Gasteiger partial charge in [-0.15, -0.1) is 0 Å². The van der Waals surface area contributed by atoms with E-state index in [2.05, 4.69) is 10.2 Å². The first kappa shape index (κ1) is 22.8. The number of rotatable bonds is 9. The molecule has 1 fully saturated rings. The van der Waals surface area contributed by atoms with Crippen molar-refractivity contribution in [3.05, 3.63) is 95.5 Å². The van der Waals surface area contributed by atoms with Gasteiger partial charge in [0.15, 0.2) is 0 Å². The second-order valence-electron chi connectivity index (χ2n) is 8.03. The van der Waals surface area contributed by atoms with E-state index in [1.165, 1.54) is 0 Å². The third-order valence-electron chi connectivity index (χ3n) is 5.60. The Hall–Kier alpha value is -3.35. The van der Waals surface area contributed by atoms with Crippen molar-refractivity contribution in [1.82, 2.24) is 10.2 Å². The van der Waals surface area contributed by atoms with Gasteiger partial charge < -0.3 is 19.2 Å². The minimum atomic E-state index is -0.138. The van der Waals surface area contributed by atoms with Crippen LogP contribution in [0.1, 0.15) is 28.7 Å². The van der Waals surface area contributed by atoms with Crippen molar-refractivity contribution in [1.29, 1.82) is 0 Å². The van der Waals surface area contributed by atoms with Crippen molar-refractivity contribution in [3.63, 3.8) is 0 Å². The monoisotopic (exact) mass is 446 g/mol. The SMILES string of the molecule is Cc1ccc(C(CNC(=O)/C=C/c2ccc(OCc3ccccc3)cc2)N2CCOCC2)o1. The highest BCUT2D eigenvalue weighted by Gasteiger charge is 2.25. The Kier molecular flexibility index (Phi) is 7.95. The van der Waals surface area contributed by atoms with Crippen molar-refractivity contribution in [2.75, 3.05) is 32.8 Å². The number of amides is 1. The van der Waals surface area contributed by atoms with Crippen LogP contribution >= 0.6 is 0 Å². The van der Waals surface area contributed by atoms with Crippen molar-refractivity contribution in [3.8, 4) is 5.75 Å². The molecule has 3 aromatic rings. The number of nitrogens with zero attached hydrogens (tertiary/aromatic N) is 1. The molecule has 0 spiro atoms. The zero-order valence-electron chi connectivity index (χ0n) is 18.9. The van der Waals surface area contributed by atoms with E-state index in [0.717, 1.165) is 41.5 Å². The van der Waals surface area contributed by atoms with E-state index in [4.69, 9.17) is 13.9 Å². The highest BCUT2D eigenvalue weighted by atomic mass is 16.5. The number of nitrogens with one attached hydrogen (secondary N) is 1. The Morgan fingerprint density at radius 3 is 2.52 bits per heavy atom. The molecule has 1 unspecified atom stereocenters. The topological polar surface area (TPSA) is 63.9 Å². The Morgan fingerprint density at radius 2 is 1.82 bits per heavy atom. The van der Waals surface area contributed by atoms with Gasteiger partial charge in [0.05, 0.1) is 19.3 Å². The van der Waals surface area contributed by atoms with Crippen LogP contribution in [0.2, 0.25) is 0 Å². The lowest BCUT2D eigenvalue weighted by Crippen LogP contribution is -2.43. The van der Waals surface area contributed by atoms with Crippen LogP contribution in [-0.4, -0.2) is 43.7 Å². The molecule has 1 N–H and O–H groups in total. The summed E-state index contributed by atoms with van der Waals surface area (Å²) in [5.74, 6) is 2.39. The van der Waals surface area contributed by atoms with Crippen molar-refractivity contribution in [2.24, 2.45) is 0 Å². The lowest BCUT2D eigenvalue weighted by molar-refractivity contribution is -0.116. The van der Waals surface area contributed by atoms with E-state index in [9.17, 15) is 4.79 Å². The molecule has 1 aliphatic heterocycles. The Bertz CT molecular complexity index is 1040. The molecule has 172 valence electrons. The van der Waals surface area contributed by atoms with Gasteiger partial charge in [0, 0.05) is 25.7 Å². The van der Waals surface area contributed by atoms with Crippen LogP contribution in [0.15, 0.2) is 77.2 Å². The van der Waals surface area contributed by atoms with Crippen LogP contribution in [-0.2, 0) is 16.1 Å². The van der Waals surface area contributed by atoms with Crippen LogP contribution in [0.4, 0.5) is 0 Å². The molecule has 4 rings (SSSR count). The predicted octanol–water partition coefficient (Wildman–Crippen LogP) is 4.37. The van der Waals surface area contributed by atoms with Gasteiger partial charge in [-0.3, -0.25) is 9.69 Å². The van der Waals surface area contributed by atoms with Crippen molar-refractivity contribution < 1.29 is 18.7 Å². The van der Waals surface area contributed by atoms with Gasteiger partial charge in [0.2, 0.25) is 5.91 Å². The van der Waals surface area contributed by atoms with E-state index in [-0.39, 0.29) is 11.9 Å². The average molecular weight is 447 g/mol. The first-order valence-electron chi connectivity index (χ1n) is 11.3. The number of hydrogen-bond acceptors (Lipinski definition) is 5. The molecule has 0 aliphatic carbocycles. The van der Waals surface area contributed by atoms with E-state index in [1.807, 2.05) is 73.7 Å². The molecule has 1 aromatic heterocycles. The second-order valence-corrected chi connectivity index (χ2v) is 8.03. The zero-order chi connectivity index (χ0) is 22.9. The smallest absolute Gasteiger partial charge is 0.244 e. The van der Waals surface area contributed by atoms with E-state index >= 15 is 0 Å². The summed E-state index contributed by atoms with van der Waals surface area (Å²) in [6.45, 7) is 5.94. The molecule has 2 heterocycles. The zero-order valence-corrected chi connectivity index (χ0v) is 18.9. The Morgan fingerprint density at radius 1 is 1.06 bits per heavy atom. The van der Waals surface area contributed by atoms with Crippen LogP contribution in [0.25, 0.3) is 6.08 Å². The highest BCUT2D eigenvalue weighted by molar-refractivity contribution is 5.91. The molecule has 2 aromatic carbocycles. The fourth-order valence-electron chi connectivity index (χ4n) is 3.78. The van der Waals surface area contributed by atoms with Crippen LogP contribution in [0.3, 0.4) is 0 Å². The summed E-state index contributed by atoms with van der Waals surface area (Å²) in [6, 6.07) is 21.7. The molecular formula is C27H30N2O4. The third-order valence-corrected chi connectivity index (χ3v) is 5.60. The summed E-state index contributed by atoms with van der Waals surface area (Å²) in [5, 5.41) is 3.01. The van der Waals surface area contributed by atoms with Crippen LogP contribution < -0.4 is 10.1 Å². The maximum atomic E-state index is 12.5. The number of furan rings is 1. The van der Waals surface area contributed by atoms with Gasteiger partial charge in [-0.2, -0.15) is 0 Å². The Balaban J connectivity index is 1.29. The molecule has 6 heteroatoms. The third kappa shape index (κ3) is 6.81. The second kappa shape index (κ2) is 11.5. The van der Waals surface area contributed by atoms with Crippen molar-refractivity contribution >= 4 is 12.0 Å². The molecule has 0 bridgehead atoms. The lowest BCUT2D eigenvalue weighted by atomic mass is 10.1. The van der Waals surface area contributed by atoms with Gasteiger partial charge in [0.1, 0.15) is 23.9 Å². The number of benzene rings is 2. The van der Waals surface area contributed by atoms with Crippen LogP contribution in [0, 0.1) is 6.92 Å². The number of carbonyl (C=O) groups excluding carboxylic acids is 1. The molecule has 1 aliphatic rings. The number of aryl methyl sites for hydroxylation is 1. The van der Waals surface area contributed by atoms with Gasteiger partial charge in [-0.05, 0) is 48.4 Å². The van der Waals surface area contributed by atoms with E-state index < -0.39 is 0 Å². The fraction of sp³-hybridized carbons (Fsp3) is 0.296. The first-order chi connectivity index (χ1) is 16.2. The van der Waals surface area contributed by atoms with Gasteiger partial charge in [-0.1, -0.05) is 42.5 Å². The predicted molar refractivity (Wildman–Crippen MR) is 128 cm³/mol. The normalized spacial score (nSPS) is 15.4. The van der Waals surface area contributed by atoms with E-state index in [1.54, 1.807) is 12.2 Å². The van der Waals surface area contributed by atoms with Crippen LogP contribution in [0.5, 0.6) is 5.75 Å². The molecule has 6 nitrogen and oxygen atoms in total. The molecule has 0 saturated carbocycles. The maximum absolute atomic E-state index is 12.5. The quantitative estimate of drug-likeness (QED) is 0.495. The maximum Gasteiger partial charge on any atom is 0.244 e. The van der Waals surface area contributed by atoms with Gasteiger partial charge >= 0.3 is 0 Å². The number of hydrogen-bond donors (Lipinski definition) is 1. The standard InChI is InChI=1S/C27H30N2O4/c1-21-7-13-26(33-21)25(29-15-17-31-18-16-29)19-28-27(30)14-10-22-8-11-24(12-9-22)32-20-23-5-3-2-4-6-23/h2-14,25H,15-20H2,1H3,(H,28,30)/b14-10+. The van der Waals surface area contributed by atoms with E-state index in [0.29, 0.717) is 26.4 Å². The summed E-state index contributed by atoms with van der Waals surface area (Å²) in [5.41, 5.74) is 2.06.